The number of aliphatic hydroxyl groups is 1. The molecular weight excluding hydrogens is 362 g/mol. The van der Waals surface area contributed by atoms with Crippen LogP contribution < -0.4 is 4.72 Å². The van der Waals surface area contributed by atoms with Gasteiger partial charge in [-0.1, -0.05) is 28.1 Å². The zero-order chi connectivity index (χ0) is 14.6. The Kier molecular flexibility index (Phi) is 5.34. The van der Waals surface area contributed by atoms with Crippen molar-refractivity contribution in [2.45, 2.75) is 17.2 Å². The monoisotopic (exact) mass is 375 g/mol. The number of aliphatic hydroxyl groups excluding tert-OH is 1. The first-order valence-electron chi connectivity index (χ1n) is 5.95. The number of benzene rings is 1. The number of rotatable bonds is 6. The van der Waals surface area contributed by atoms with Crippen LogP contribution in [-0.2, 0) is 23.0 Å². The summed E-state index contributed by atoms with van der Waals surface area (Å²) < 4.78 is 28.0. The minimum Gasteiger partial charge on any atom is -0.396 e. The van der Waals surface area contributed by atoms with Crippen LogP contribution in [0.5, 0.6) is 0 Å². The van der Waals surface area contributed by atoms with Crippen molar-refractivity contribution in [3.05, 3.63) is 51.3 Å². The van der Waals surface area contributed by atoms with Gasteiger partial charge in [0.15, 0.2) is 0 Å². The van der Waals surface area contributed by atoms with Crippen molar-refractivity contribution in [1.29, 1.82) is 0 Å². The second-order valence-corrected chi connectivity index (χ2v) is 8.23. The molecule has 0 aliphatic heterocycles. The maximum atomic E-state index is 12.1. The van der Waals surface area contributed by atoms with Crippen LogP contribution in [0.25, 0.3) is 0 Å². The number of halogens is 1. The predicted molar refractivity (Wildman–Crippen MR) is 83.3 cm³/mol. The van der Waals surface area contributed by atoms with Crippen LogP contribution >= 0.6 is 27.3 Å². The van der Waals surface area contributed by atoms with Gasteiger partial charge >= 0.3 is 0 Å². The molecule has 0 bridgehead atoms. The van der Waals surface area contributed by atoms with Gasteiger partial charge in [0.25, 0.3) is 0 Å². The average molecular weight is 376 g/mol. The molecule has 1 aromatic carbocycles. The van der Waals surface area contributed by atoms with Crippen molar-refractivity contribution < 1.29 is 13.5 Å². The van der Waals surface area contributed by atoms with Crippen LogP contribution in [0.15, 0.2) is 45.1 Å². The molecule has 0 fully saturated rings. The van der Waals surface area contributed by atoms with E-state index in [4.69, 9.17) is 5.11 Å². The van der Waals surface area contributed by atoms with Crippen molar-refractivity contribution in [3.8, 4) is 0 Å². The summed E-state index contributed by atoms with van der Waals surface area (Å²) in [4.78, 5) is 0.857. The van der Waals surface area contributed by atoms with E-state index in [2.05, 4.69) is 20.7 Å². The van der Waals surface area contributed by atoms with Gasteiger partial charge in [-0.05, 0) is 29.8 Å². The maximum absolute atomic E-state index is 12.1. The molecule has 0 saturated carbocycles. The molecule has 0 aliphatic rings. The molecule has 0 radical (unpaired) electrons. The number of hydrogen-bond acceptors (Lipinski definition) is 4. The fourth-order valence-corrected chi connectivity index (χ4v) is 4.50. The van der Waals surface area contributed by atoms with Crippen molar-refractivity contribution in [2.75, 3.05) is 6.61 Å². The minimum atomic E-state index is -3.50. The van der Waals surface area contributed by atoms with Crippen LogP contribution in [0.3, 0.4) is 0 Å². The zero-order valence-corrected chi connectivity index (χ0v) is 13.8. The summed E-state index contributed by atoms with van der Waals surface area (Å²) >= 11 is 4.53. The lowest BCUT2D eigenvalue weighted by Crippen LogP contribution is -2.22. The lowest BCUT2D eigenvalue weighted by Gasteiger charge is -2.05. The number of nitrogens with one attached hydrogen (secondary N) is 1. The maximum Gasteiger partial charge on any atom is 0.250 e. The quantitative estimate of drug-likeness (QED) is 0.814. The van der Waals surface area contributed by atoms with Gasteiger partial charge in [-0.2, -0.15) is 0 Å². The fourth-order valence-electron chi connectivity index (χ4n) is 1.64. The highest BCUT2D eigenvalue weighted by atomic mass is 79.9. The largest absolute Gasteiger partial charge is 0.396 e. The first-order chi connectivity index (χ1) is 9.51. The Balaban J connectivity index is 2.06. The Morgan fingerprint density at radius 1 is 1.25 bits per heavy atom. The highest BCUT2D eigenvalue weighted by Crippen LogP contribution is 2.22. The Morgan fingerprint density at radius 3 is 2.75 bits per heavy atom. The Bertz CT molecular complexity index is 682. The van der Waals surface area contributed by atoms with Crippen LogP contribution in [-0.4, -0.2) is 20.1 Å². The Labute approximate surface area is 130 Å². The van der Waals surface area contributed by atoms with Gasteiger partial charge in [-0.3, -0.25) is 0 Å². The summed E-state index contributed by atoms with van der Waals surface area (Å²) in [6.45, 7) is 0.264. The van der Waals surface area contributed by atoms with Crippen LogP contribution in [0, 0.1) is 0 Å². The zero-order valence-electron chi connectivity index (χ0n) is 10.5. The van der Waals surface area contributed by atoms with E-state index in [0.29, 0.717) is 6.42 Å². The molecule has 4 nitrogen and oxygen atoms in total. The van der Waals surface area contributed by atoms with Crippen molar-refractivity contribution >= 4 is 37.3 Å². The molecule has 108 valence electrons. The average Bonchev–Trinajstić information content (AvgIpc) is 2.87. The lowest BCUT2D eigenvalue weighted by atomic mass is 10.2. The molecule has 0 amide bonds. The Hall–Kier alpha value is -0.730. The normalized spacial score (nSPS) is 11.7. The summed E-state index contributed by atoms with van der Waals surface area (Å²) in [6, 6.07) is 10.8. The topological polar surface area (TPSA) is 66.4 Å². The van der Waals surface area contributed by atoms with E-state index in [1.807, 2.05) is 24.3 Å². The van der Waals surface area contributed by atoms with E-state index in [-0.39, 0.29) is 17.4 Å². The molecule has 1 aromatic heterocycles. The fraction of sp³-hybridized carbons (Fsp3) is 0.231. The molecule has 7 heteroatoms. The van der Waals surface area contributed by atoms with E-state index < -0.39 is 10.0 Å². The highest BCUT2D eigenvalue weighted by molar-refractivity contribution is 9.10. The molecular formula is C13H14BrNO3S2. The van der Waals surface area contributed by atoms with E-state index in [0.717, 1.165) is 14.9 Å². The summed E-state index contributed by atoms with van der Waals surface area (Å²) in [6.07, 6.45) is 0.478. The van der Waals surface area contributed by atoms with Gasteiger partial charge in [0.05, 0.1) is 0 Å². The van der Waals surface area contributed by atoms with Gasteiger partial charge in [-0.25, -0.2) is 13.1 Å². The van der Waals surface area contributed by atoms with Crippen LogP contribution in [0.1, 0.15) is 10.4 Å². The van der Waals surface area contributed by atoms with E-state index in [1.165, 1.54) is 11.3 Å². The third-order valence-electron chi connectivity index (χ3n) is 2.62. The van der Waals surface area contributed by atoms with E-state index >= 15 is 0 Å². The molecule has 2 aromatic rings. The summed E-state index contributed by atoms with van der Waals surface area (Å²) in [5.41, 5.74) is 0.884. The van der Waals surface area contributed by atoms with Crippen LogP contribution in [0.4, 0.5) is 0 Å². The van der Waals surface area contributed by atoms with Crippen LogP contribution in [0.2, 0.25) is 0 Å². The third kappa shape index (κ3) is 4.13. The smallest absolute Gasteiger partial charge is 0.250 e. The highest BCUT2D eigenvalue weighted by Gasteiger charge is 2.16. The third-order valence-corrected chi connectivity index (χ3v) is 6.15. The standard InChI is InChI=1S/C13H14BrNO3S2/c14-11-3-1-2-10(8-11)9-15-20(17,18)13-5-4-12(19-13)6-7-16/h1-5,8,15-16H,6-7,9H2. The minimum absolute atomic E-state index is 0.0193. The first kappa shape index (κ1) is 15.7. The summed E-state index contributed by atoms with van der Waals surface area (Å²) in [5.74, 6) is 0. The van der Waals surface area contributed by atoms with E-state index in [9.17, 15) is 8.42 Å². The molecule has 0 spiro atoms. The number of sulfonamides is 1. The molecule has 0 atom stereocenters. The molecule has 2 rings (SSSR count). The summed E-state index contributed by atoms with van der Waals surface area (Å²) in [7, 11) is -3.50. The predicted octanol–water partition coefficient (Wildman–Crippen LogP) is 2.52. The Morgan fingerprint density at radius 2 is 2.05 bits per heavy atom. The summed E-state index contributed by atoms with van der Waals surface area (Å²) in [5, 5.41) is 8.85. The van der Waals surface area contributed by atoms with Gasteiger partial charge in [0.2, 0.25) is 10.0 Å². The second-order valence-electron chi connectivity index (χ2n) is 4.15. The molecule has 20 heavy (non-hydrogen) atoms. The van der Waals surface area contributed by atoms with Crippen molar-refractivity contribution in [1.82, 2.24) is 4.72 Å². The number of thiophene rings is 1. The SMILES string of the molecule is O=S(=O)(NCc1cccc(Br)c1)c1ccc(CCO)s1. The van der Waals surface area contributed by atoms with Gasteiger partial charge in [0.1, 0.15) is 4.21 Å². The molecule has 0 aliphatic carbocycles. The van der Waals surface area contributed by atoms with Crippen molar-refractivity contribution in [2.24, 2.45) is 0 Å². The molecule has 1 heterocycles. The van der Waals surface area contributed by atoms with Gasteiger partial charge < -0.3 is 5.11 Å². The first-order valence-corrected chi connectivity index (χ1v) is 9.04. The van der Waals surface area contributed by atoms with Gasteiger partial charge in [0, 0.05) is 28.9 Å². The van der Waals surface area contributed by atoms with E-state index in [1.54, 1.807) is 12.1 Å². The molecule has 2 N–H and O–H groups in total. The van der Waals surface area contributed by atoms with Gasteiger partial charge in [-0.15, -0.1) is 11.3 Å². The van der Waals surface area contributed by atoms with Crippen molar-refractivity contribution in [3.63, 3.8) is 0 Å². The second kappa shape index (κ2) is 6.82. The lowest BCUT2D eigenvalue weighted by molar-refractivity contribution is 0.300. The molecule has 0 saturated heterocycles. The molecule has 0 unspecified atom stereocenters. The number of hydrogen-bond donors (Lipinski definition) is 2.